The van der Waals surface area contributed by atoms with Gasteiger partial charge in [-0.25, -0.2) is 9.59 Å². The summed E-state index contributed by atoms with van der Waals surface area (Å²) in [5, 5.41) is 38.8. The van der Waals surface area contributed by atoms with Gasteiger partial charge in [0.1, 0.15) is 0 Å². The molecule has 1 heterocycles. The number of aliphatic carboxylic acids is 1. The Balaban J connectivity index is 2.84. The van der Waals surface area contributed by atoms with E-state index in [1.165, 1.54) is 24.3 Å². The van der Waals surface area contributed by atoms with Gasteiger partial charge >= 0.3 is 11.9 Å². The van der Waals surface area contributed by atoms with Crippen molar-refractivity contribution in [2.75, 3.05) is 6.61 Å². The number of carbonyl (C=O) groups is 2. The zero-order chi connectivity index (χ0) is 16.5. The summed E-state index contributed by atoms with van der Waals surface area (Å²) in [6.45, 7) is -1.34. The molecule has 2 rings (SSSR count). The number of cyclic esters (lactones) is 1. The summed E-state index contributed by atoms with van der Waals surface area (Å²) in [4.78, 5) is 27.6. The Hall–Kier alpha value is -2.62. The summed E-state index contributed by atoms with van der Waals surface area (Å²) in [5.74, 6) is -0.156. The topological polar surface area (TPSA) is 160 Å². The van der Waals surface area contributed by atoms with E-state index in [9.17, 15) is 30.0 Å². The molecule has 0 saturated heterocycles. The first-order chi connectivity index (χ1) is 10.3. The van der Waals surface area contributed by atoms with E-state index < -0.39 is 41.3 Å². The molecule has 1 aliphatic heterocycles. The average molecular weight is 311 g/mol. The van der Waals surface area contributed by atoms with Crippen molar-refractivity contribution in [3.63, 3.8) is 0 Å². The number of rotatable bonds is 5. The maximum Gasteiger partial charge on any atom is 0.378 e. The van der Waals surface area contributed by atoms with Crippen molar-refractivity contribution in [3.05, 3.63) is 47.4 Å². The van der Waals surface area contributed by atoms with Crippen LogP contribution >= 0.6 is 0 Å². The third kappa shape index (κ3) is 1.84. The lowest BCUT2D eigenvalue weighted by molar-refractivity contribution is -0.212. The first-order valence-electron chi connectivity index (χ1n) is 6.01. The Morgan fingerprint density at radius 2 is 1.95 bits per heavy atom. The summed E-state index contributed by atoms with van der Waals surface area (Å²) in [6, 6.07) is 7.14. The first kappa shape index (κ1) is 15.8. The number of carboxylic acids is 1. The standard InChI is InChI=1S/C13H13NO8/c14-22-9-8(16)10(17)21-13(9,7-4-2-1-3-5-7)12(20,6-15)11(18)19/h1-5,15-16,20H,6,14H2,(H,18,19)/t12-,13+/m1/s1. The van der Waals surface area contributed by atoms with Crippen molar-refractivity contribution in [3.8, 4) is 0 Å². The maximum absolute atomic E-state index is 11.7. The highest BCUT2D eigenvalue weighted by Gasteiger charge is 2.68. The maximum atomic E-state index is 11.7. The number of carbonyl (C=O) groups excluding carboxylic acids is 1. The smallest absolute Gasteiger partial charge is 0.378 e. The molecule has 0 radical (unpaired) electrons. The van der Waals surface area contributed by atoms with Gasteiger partial charge in [-0.1, -0.05) is 30.3 Å². The van der Waals surface area contributed by atoms with E-state index in [0.29, 0.717) is 0 Å². The lowest BCUT2D eigenvalue weighted by atomic mass is 9.76. The average Bonchev–Trinajstić information content (AvgIpc) is 2.79. The van der Waals surface area contributed by atoms with E-state index in [0.717, 1.165) is 0 Å². The molecule has 1 aromatic carbocycles. The number of esters is 1. The van der Waals surface area contributed by atoms with Crippen molar-refractivity contribution in [2.45, 2.75) is 11.2 Å². The van der Waals surface area contributed by atoms with E-state index in [1.807, 2.05) is 0 Å². The number of ether oxygens (including phenoxy) is 1. The lowest BCUT2D eigenvalue weighted by Crippen LogP contribution is -2.61. The molecular formula is C13H13NO8. The molecular weight excluding hydrogens is 298 g/mol. The van der Waals surface area contributed by atoms with Crippen LogP contribution in [0, 0.1) is 0 Å². The van der Waals surface area contributed by atoms with Crippen LogP contribution in [-0.4, -0.2) is 44.6 Å². The van der Waals surface area contributed by atoms with Crippen LogP contribution in [0.3, 0.4) is 0 Å². The molecule has 0 fully saturated rings. The molecule has 9 heteroatoms. The molecule has 0 bridgehead atoms. The van der Waals surface area contributed by atoms with Crippen molar-refractivity contribution in [1.29, 1.82) is 0 Å². The molecule has 0 saturated carbocycles. The summed E-state index contributed by atoms with van der Waals surface area (Å²) < 4.78 is 4.91. The number of hydrogen-bond acceptors (Lipinski definition) is 8. The third-order valence-corrected chi connectivity index (χ3v) is 3.44. The van der Waals surface area contributed by atoms with Gasteiger partial charge in [-0.05, 0) is 0 Å². The Morgan fingerprint density at radius 1 is 1.36 bits per heavy atom. The Bertz CT molecular complexity index is 643. The fraction of sp³-hybridized carbons (Fsp3) is 0.231. The predicted molar refractivity (Wildman–Crippen MR) is 68.8 cm³/mol. The van der Waals surface area contributed by atoms with Crippen molar-refractivity contribution in [1.82, 2.24) is 0 Å². The van der Waals surface area contributed by atoms with Crippen LogP contribution in [0.5, 0.6) is 0 Å². The van der Waals surface area contributed by atoms with Crippen LogP contribution in [0.25, 0.3) is 0 Å². The van der Waals surface area contributed by atoms with Crippen LogP contribution < -0.4 is 5.90 Å². The largest absolute Gasteiger partial charge is 0.499 e. The normalized spacial score (nSPS) is 23.9. The summed E-state index contributed by atoms with van der Waals surface area (Å²) in [7, 11) is 0. The van der Waals surface area contributed by atoms with Crippen molar-refractivity contribution < 1.29 is 39.6 Å². The summed E-state index contributed by atoms with van der Waals surface area (Å²) in [6.07, 6.45) is 0. The van der Waals surface area contributed by atoms with Crippen LogP contribution in [0.4, 0.5) is 0 Å². The van der Waals surface area contributed by atoms with Crippen LogP contribution in [0.1, 0.15) is 5.56 Å². The van der Waals surface area contributed by atoms with E-state index in [-0.39, 0.29) is 5.56 Å². The molecule has 6 N–H and O–H groups in total. The minimum absolute atomic E-state index is 0.0631. The predicted octanol–water partition coefficient (Wildman–Crippen LogP) is -1.09. The quantitative estimate of drug-likeness (QED) is 0.336. The molecule has 118 valence electrons. The van der Waals surface area contributed by atoms with E-state index in [1.54, 1.807) is 6.07 Å². The fourth-order valence-electron chi connectivity index (χ4n) is 2.34. The first-order valence-corrected chi connectivity index (χ1v) is 6.01. The number of hydrogen-bond donors (Lipinski definition) is 5. The zero-order valence-corrected chi connectivity index (χ0v) is 11.1. The number of benzene rings is 1. The van der Waals surface area contributed by atoms with Gasteiger partial charge in [0.05, 0.1) is 6.61 Å². The van der Waals surface area contributed by atoms with Gasteiger partial charge < -0.3 is 30.0 Å². The number of nitrogens with two attached hydrogens (primary N) is 1. The third-order valence-electron chi connectivity index (χ3n) is 3.44. The molecule has 1 aliphatic rings. The van der Waals surface area contributed by atoms with Crippen molar-refractivity contribution in [2.24, 2.45) is 5.90 Å². The molecule has 0 aliphatic carbocycles. The van der Waals surface area contributed by atoms with Gasteiger partial charge in [0.15, 0.2) is 0 Å². The Morgan fingerprint density at radius 3 is 2.41 bits per heavy atom. The van der Waals surface area contributed by atoms with Gasteiger partial charge in [-0.3, -0.25) is 0 Å². The molecule has 0 aromatic heterocycles. The van der Waals surface area contributed by atoms with Gasteiger partial charge in [-0.2, -0.15) is 5.90 Å². The molecule has 0 spiro atoms. The van der Waals surface area contributed by atoms with Crippen LogP contribution in [0.2, 0.25) is 0 Å². The highest BCUT2D eigenvalue weighted by atomic mass is 16.7. The van der Waals surface area contributed by atoms with E-state index in [2.05, 4.69) is 4.84 Å². The molecule has 0 amide bonds. The van der Waals surface area contributed by atoms with Crippen molar-refractivity contribution >= 4 is 11.9 Å². The van der Waals surface area contributed by atoms with E-state index in [4.69, 9.17) is 10.6 Å². The molecule has 22 heavy (non-hydrogen) atoms. The molecule has 1 aromatic rings. The minimum Gasteiger partial charge on any atom is -0.499 e. The molecule has 9 nitrogen and oxygen atoms in total. The zero-order valence-electron chi connectivity index (χ0n) is 11.1. The van der Waals surface area contributed by atoms with Gasteiger partial charge in [0, 0.05) is 5.56 Å². The highest BCUT2D eigenvalue weighted by molar-refractivity contribution is 5.93. The Labute approximate surface area is 123 Å². The molecule has 2 atom stereocenters. The number of aliphatic hydroxyl groups is 3. The molecule has 0 unspecified atom stereocenters. The number of carboxylic acid groups (broad SMARTS) is 1. The summed E-state index contributed by atoms with van der Waals surface area (Å²) in [5.41, 5.74) is -5.64. The highest BCUT2D eigenvalue weighted by Crippen LogP contribution is 2.48. The Kier molecular flexibility index (Phi) is 3.79. The van der Waals surface area contributed by atoms with Gasteiger partial charge in [-0.15, -0.1) is 0 Å². The number of aliphatic hydroxyl groups excluding tert-OH is 2. The SMILES string of the molecule is NOC1=C(O)C(=O)O[C@]1(c1ccccc1)[C@@](O)(CO)C(=O)O. The monoisotopic (exact) mass is 311 g/mol. The second kappa shape index (κ2) is 5.30. The minimum atomic E-state index is -3.04. The van der Waals surface area contributed by atoms with Crippen LogP contribution in [-0.2, 0) is 24.8 Å². The summed E-state index contributed by atoms with van der Waals surface area (Å²) >= 11 is 0. The second-order valence-corrected chi connectivity index (χ2v) is 4.56. The van der Waals surface area contributed by atoms with Crippen LogP contribution in [0.15, 0.2) is 41.9 Å². The van der Waals surface area contributed by atoms with Gasteiger partial charge in [0.2, 0.25) is 22.7 Å². The van der Waals surface area contributed by atoms with Gasteiger partial charge in [0.25, 0.3) is 0 Å². The fourth-order valence-corrected chi connectivity index (χ4v) is 2.34. The lowest BCUT2D eigenvalue weighted by Gasteiger charge is -2.39. The second-order valence-electron chi connectivity index (χ2n) is 4.56. The van der Waals surface area contributed by atoms with E-state index >= 15 is 0 Å².